The van der Waals surface area contributed by atoms with Crippen molar-refractivity contribution in [2.24, 2.45) is 5.10 Å². The van der Waals surface area contributed by atoms with Gasteiger partial charge in [-0.15, -0.1) is 0 Å². The minimum absolute atomic E-state index is 0.0720. The summed E-state index contributed by atoms with van der Waals surface area (Å²) in [5.41, 5.74) is 9.82. The zero-order chi connectivity index (χ0) is 15.5. The van der Waals surface area contributed by atoms with E-state index in [2.05, 4.69) is 46.2 Å². The van der Waals surface area contributed by atoms with Gasteiger partial charge in [-0.3, -0.25) is 4.79 Å². The maximum absolute atomic E-state index is 11.6. The average molecular weight is 287 g/mol. The van der Waals surface area contributed by atoms with Crippen LogP contribution in [-0.2, 0) is 5.41 Å². The van der Waals surface area contributed by atoms with Crippen LogP contribution >= 0.6 is 0 Å². The molecule has 0 aliphatic rings. The second kappa shape index (κ2) is 5.74. The van der Waals surface area contributed by atoms with Crippen molar-refractivity contribution >= 4 is 17.9 Å². The lowest BCUT2D eigenvalue weighted by molar-refractivity contribution is 0.0946. The molecule has 7 nitrogen and oxygen atoms in total. The second-order valence-corrected chi connectivity index (χ2v) is 5.57. The van der Waals surface area contributed by atoms with Crippen LogP contribution in [0.15, 0.2) is 34.0 Å². The summed E-state index contributed by atoms with van der Waals surface area (Å²) in [6.07, 6.45) is 1.54. The molecule has 0 spiro atoms. The molecule has 0 fully saturated rings. The van der Waals surface area contributed by atoms with Crippen molar-refractivity contribution in [3.8, 4) is 0 Å². The molecule has 3 N–H and O–H groups in total. The summed E-state index contributed by atoms with van der Waals surface area (Å²) in [4.78, 5) is 11.6. The van der Waals surface area contributed by atoms with Crippen LogP contribution in [0.5, 0.6) is 0 Å². The van der Waals surface area contributed by atoms with Crippen molar-refractivity contribution in [2.45, 2.75) is 26.2 Å². The van der Waals surface area contributed by atoms with E-state index in [-0.39, 0.29) is 16.9 Å². The topological polar surface area (TPSA) is 106 Å². The first kappa shape index (κ1) is 14.7. The Morgan fingerprint density at radius 2 is 1.95 bits per heavy atom. The van der Waals surface area contributed by atoms with E-state index in [0.29, 0.717) is 0 Å². The molecule has 1 amide bonds. The van der Waals surface area contributed by atoms with E-state index in [1.165, 1.54) is 11.8 Å². The van der Waals surface area contributed by atoms with Gasteiger partial charge < -0.3 is 5.73 Å². The van der Waals surface area contributed by atoms with E-state index in [0.717, 1.165) is 5.56 Å². The highest BCUT2D eigenvalue weighted by atomic mass is 16.6. The van der Waals surface area contributed by atoms with Crippen LogP contribution < -0.4 is 11.2 Å². The molecule has 0 aliphatic carbocycles. The Hall–Kier alpha value is -2.70. The number of carbonyl (C=O) groups is 1. The van der Waals surface area contributed by atoms with Crippen molar-refractivity contribution < 1.29 is 9.42 Å². The van der Waals surface area contributed by atoms with Gasteiger partial charge in [0.25, 0.3) is 5.91 Å². The summed E-state index contributed by atoms with van der Waals surface area (Å²) in [5.74, 6) is -0.645. The molecule has 2 rings (SSSR count). The highest BCUT2D eigenvalue weighted by Crippen LogP contribution is 2.21. The number of benzene rings is 1. The molecule has 1 aromatic heterocycles. The van der Waals surface area contributed by atoms with Gasteiger partial charge in [0.2, 0.25) is 11.5 Å². The predicted molar refractivity (Wildman–Crippen MR) is 78.9 cm³/mol. The predicted octanol–water partition coefficient (Wildman–Crippen LogP) is 1.71. The first-order valence-corrected chi connectivity index (χ1v) is 6.40. The highest BCUT2D eigenvalue weighted by Gasteiger charge is 2.15. The lowest BCUT2D eigenvalue weighted by Crippen LogP contribution is -2.19. The zero-order valence-corrected chi connectivity index (χ0v) is 12.1. The molecule has 1 aromatic carbocycles. The lowest BCUT2D eigenvalue weighted by atomic mass is 9.87. The van der Waals surface area contributed by atoms with E-state index in [9.17, 15) is 4.79 Å². The fraction of sp³-hybridized carbons (Fsp3) is 0.286. The molecule has 0 saturated heterocycles. The standard InChI is InChI=1S/C14H17N5O2/c1-14(2,3)10-6-4-9(5-7-10)8-16-17-13(20)11-12(15)19-21-18-11/h4-8H,1-3H3,(H2,15,19)(H,17,20). The Balaban J connectivity index is 1.99. The lowest BCUT2D eigenvalue weighted by Gasteiger charge is -2.18. The van der Waals surface area contributed by atoms with Gasteiger partial charge in [0.05, 0.1) is 6.21 Å². The Kier molecular flexibility index (Phi) is 4.02. The molecule has 110 valence electrons. The van der Waals surface area contributed by atoms with E-state index in [4.69, 9.17) is 5.73 Å². The minimum Gasteiger partial charge on any atom is -0.379 e. The normalized spacial score (nSPS) is 11.8. The number of hydrogen-bond acceptors (Lipinski definition) is 6. The first-order chi connectivity index (χ1) is 9.88. The van der Waals surface area contributed by atoms with Crippen LogP contribution in [0.1, 0.15) is 42.4 Å². The summed E-state index contributed by atoms with van der Waals surface area (Å²) in [6, 6.07) is 7.93. The monoisotopic (exact) mass is 287 g/mol. The molecule has 0 aliphatic heterocycles. The number of hydrazone groups is 1. The van der Waals surface area contributed by atoms with Gasteiger partial charge in [-0.05, 0) is 26.9 Å². The van der Waals surface area contributed by atoms with Crippen molar-refractivity contribution in [1.29, 1.82) is 0 Å². The fourth-order valence-corrected chi connectivity index (χ4v) is 1.64. The number of rotatable bonds is 3. The molecular weight excluding hydrogens is 270 g/mol. The van der Waals surface area contributed by atoms with Crippen LogP contribution in [0.25, 0.3) is 0 Å². The van der Waals surface area contributed by atoms with E-state index in [1.54, 1.807) is 0 Å². The average Bonchev–Trinajstić information content (AvgIpc) is 2.84. The molecular formula is C14H17N5O2. The number of nitrogens with two attached hydrogens (primary N) is 1. The largest absolute Gasteiger partial charge is 0.379 e. The van der Waals surface area contributed by atoms with E-state index < -0.39 is 5.91 Å². The minimum atomic E-state index is -0.573. The van der Waals surface area contributed by atoms with Crippen molar-refractivity contribution in [3.05, 3.63) is 41.1 Å². The smallest absolute Gasteiger partial charge is 0.297 e. The van der Waals surface area contributed by atoms with E-state index in [1.807, 2.05) is 24.3 Å². The van der Waals surface area contributed by atoms with Gasteiger partial charge >= 0.3 is 0 Å². The van der Waals surface area contributed by atoms with Gasteiger partial charge in [-0.2, -0.15) is 5.10 Å². The first-order valence-electron chi connectivity index (χ1n) is 6.40. The molecule has 2 aromatic rings. The van der Waals surface area contributed by atoms with Crippen LogP contribution in [0.3, 0.4) is 0 Å². The number of carbonyl (C=O) groups excluding carboxylic acids is 1. The van der Waals surface area contributed by atoms with Gasteiger partial charge in [0, 0.05) is 0 Å². The van der Waals surface area contributed by atoms with Crippen molar-refractivity contribution in [1.82, 2.24) is 15.7 Å². The number of aromatic nitrogens is 2. The van der Waals surface area contributed by atoms with Crippen molar-refractivity contribution in [2.75, 3.05) is 5.73 Å². The molecule has 0 atom stereocenters. The number of nitrogen functional groups attached to an aromatic ring is 1. The Bertz CT molecular complexity index is 653. The molecule has 21 heavy (non-hydrogen) atoms. The molecule has 0 unspecified atom stereocenters. The maximum Gasteiger partial charge on any atom is 0.297 e. The third-order valence-corrected chi connectivity index (χ3v) is 2.89. The summed E-state index contributed by atoms with van der Waals surface area (Å²) < 4.78 is 4.34. The Labute approximate surface area is 122 Å². The van der Waals surface area contributed by atoms with Crippen LogP contribution in [0.2, 0.25) is 0 Å². The molecule has 0 bridgehead atoms. The number of nitrogens with one attached hydrogen (secondary N) is 1. The summed E-state index contributed by atoms with van der Waals surface area (Å²) in [6.45, 7) is 6.44. The third-order valence-electron chi connectivity index (χ3n) is 2.89. The number of amides is 1. The molecule has 7 heteroatoms. The number of nitrogens with zero attached hydrogens (tertiary/aromatic N) is 3. The molecule has 1 heterocycles. The number of anilines is 1. The maximum atomic E-state index is 11.6. The SMILES string of the molecule is CC(C)(C)c1ccc(C=NNC(=O)c2nonc2N)cc1. The van der Waals surface area contributed by atoms with Gasteiger partial charge in [-0.1, -0.05) is 45.0 Å². The van der Waals surface area contributed by atoms with Crippen LogP contribution in [-0.4, -0.2) is 22.4 Å². The highest BCUT2D eigenvalue weighted by molar-refractivity contribution is 5.96. The quantitative estimate of drug-likeness (QED) is 0.660. The number of hydrogen-bond donors (Lipinski definition) is 2. The summed E-state index contributed by atoms with van der Waals surface area (Å²) >= 11 is 0. The van der Waals surface area contributed by atoms with Gasteiger partial charge in [0.15, 0.2) is 0 Å². The second-order valence-electron chi connectivity index (χ2n) is 5.57. The van der Waals surface area contributed by atoms with Crippen LogP contribution in [0, 0.1) is 0 Å². The molecule has 0 radical (unpaired) electrons. The van der Waals surface area contributed by atoms with Crippen LogP contribution in [0.4, 0.5) is 5.82 Å². The van der Waals surface area contributed by atoms with E-state index >= 15 is 0 Å². The van der Waals surface area contributed by atoms with Gasteiger partial charge in [0.1, 0.15) is 0 Å². The summed E-state index contributed by atoms with van der Waals surface area (Å²) in [7, 11) is 0. The van der Waals surface area contributed by atoms with Crippen molar-refractivity contribution in [3.63, 3.8) is 0 Å². The Morgan fingerprint density at radius 1 is 1.29 bits per heavy atom. The Morgan fingerprint density at radius 3 is 2.48 bits per heavy atom. The van der Waals surface area contributed by atoms with Gasteiger partial charge in [-0.25, -0.2) is 10.1 Å². The zero-order valence-electron chi connectivity index (χ0n) is 12.1. The summed E-state index contributed by atoms with van der Waals surface area (Å²) in [5, 5.41) is 10.5. The molecule has 0 saturated carbocycles. The third kappa shape index (κ3) is 3.65. The fourth-order valence-electron chi connectivity index (χ4n) is 1.64.